The van der Waals surface area contributed by atoms with Gasteiger partial charge < -0.3 is 10.1 Å². The van der Waals surface area contributed by atoms with Crippen molar-refractivity contribution in [3.63, 3.8) is 0 Å². The van der Waals surface area contributed by atoms with Crippen LogP contribution in [-0.2, 0) is 4.74 Å². The van der Waals surface area contributed by atoms with Crippen molar-refractivity contribution in [3.8, 4) is 0 Å². The molecule has 1 saturated carbocycles. The largest absolute Gasteiger partial charge is 0.378 e. The molecule has 0 aromatic carbocycles. The lowest BCUT2D eigenvalue weighted by Gasteiger charge is -2.25. The summed E-state index contributed by atoms with van der Waals surface area (Å²) in [6.07, 6.45) is 5.71. The second kappa shape index (κ2) is 6.39. The summed E-state index contributed by atoms with van der Waals surface area (Å²) in [7, 11) is 0. The van der Waals surface area contributed by atoms with Gasteiger partial charge in [0.1, 0.15) is 0 Å². The Balaban J connectivity index is 1.73. The Kier molecular flexibility index (Phi) is 5.40. The van der Waals surface area contributed by atoms with Crippen molar-refractivity contribution < 1.29 is 4.74 Å². The van der Waals surface area contributed by atoms with Gasteiger partial charge in [0.15, 0.2) is 0 Å². The fourth-order valence-corrected chi connectivity index (χ4v) is 1.38. The van der Waals surface area contributed by atoms with Crippen molar-refractivity contribution in [2.24, 2.45) is 5.92 Å². The van der Waals surface area contributed by atoms with Gasteiger partial charge in [-0.05, 0) is 44.7 Å². The SMILES string of the molecule is CC(C)CNCCCOC1CCC1. The smallest absolute Gasteiger partial charge is 0.0575 e. The van der Waals surface area contributed by atoms with Crippen LogP contribution in [0, 0.1) is 5.92 Å². The molecule has 0 saturated heterocycles. The van der Waals surface area contributed by atoms with Gasteiger partial charge in [-0.3, -0.25) is 0 Å². The molecule has 2 nitrogen and oxygen atoms in total. The van der Waals surface area contributed by atoms with E-state index in [2.05, 4.69) is 19.2 Å². The molecule has 1 rings (SSSR count). The minimum atomic E-state index is 0.602. The lowest BCUT2D eigenvalue weighted by atomic mass is 9.96. The number of hydrogen-bond donors (Lipinski definition) is 1. The van der Waals surface area contributed by atoms with Crippen LogP contribution in [0.5, 0.6) is 0 Å². The van der Waals surface area contributed by atoms with E-state index in [-0.39, 0.29) is 0 Å². The quantitative estimate of drug-likeness (QED) is 0.614. The Bertz CT molecular complexity index is 121. The van der Waals surface area contributed by atoms with Crippen LogP contribution in [0.4, 0.5) is 0 Å². The third-order valence-corrected chi connectivity index (χ3v) is 2.46. The summed E-state index contributed by atoms with van der Waals surface area (Å²) in [5, 5.41) is 3.41. The topological polar surface area (TPSA) is 21.3 Å². The molecule has 0 amide bonds. The van der Waals surface area contributed by atoms with Crippen LogP contribution in [-0.4, -0.2) is 25.8 Å². The summed E-state index contributed by atoms with van der Waals surface area (Å²) in [6, 6.07) is 0. The van der Waals surface area contributed by atoms with Gasteiger partial charge in [0.25, 0.3) is 0 Å². The zero-order chi connectivity index (χ0) is 9.52. The lowest BCUT2D eigenvalue weighted by Crippen LogP contribution is -2.25. The fourth-order valence-electron chi connectivity index (χ4n) is 1.38. The molecule has 0 spiro atoms. The molecule has 0 aliphatic heterocycles. The highest BCUT2D eigenvalue weighted by molar-refractivity contribution is 4.68. The minimum absolute atomic E-state index is 0.602. The number of nitrogens with one attached hydrogen (secondary N) is 1. The average molecular weight is 185 g/mol. The van der Waals surface area contributed by atoms with E-state index >= 15 is 0 Å². The Labute approximate surface area is 82.0 Å². The number of hydrogen-bond acceptors (Lipinski definition) is 2. The van der Waals surface area contributed by atoms with Gasteiger partial charge in [0.05, 0.1) is 6.10 Å². The first-order valence-corrected chi connectivity index (χ1v) is 5.61. The summed E-state index contributed by atoms with van der Waals surface area (Å²) in [5.41, 5.74) is 0. The maximum Gasteiger partial charge on any atom is 0.0575 e. The van der Waals surface area contributed by atoms with E-state index in [1.807, 2.05) is 0 Å². The van der Waals surface area contributed by atoms with E-state index in [0.717, 1.165) is 32.0 Å². The Morgan fingerprint density at radius 1 is 1.38 bits per heavy atom. The van der Waals surface area contributed by atoms with Gasteiger partial charge in [-0.2, -0.15) is 0 Å². The van der Waals surface area contributed by atoms with Crippen LogP contribution in [0.15, 0.2) is 0 Å². The summed E-state index contributed by atoms with van der Waals surface area (Å²) in [6.45, 7) is 7.64. The standard InChI is InChI=1S/C11H23NO/c1-10(2)9-12-7-4-8-13-11-5-3-6-11/h10-12H,3-9H2,1-2H3. The Morgan fingerprint density at radius 3 is 2.69 bits per heavy atom. The molecule has 0 bridgehead atoms. The molecule has 0 unspecified atom stereocenters. The fraction of sp³-hybridized carbons (Fsp3) is 1.00. The van der Waals surface area contributed by atoms with Gasteiger partial charge in [0, 0.05) is 6.61 Å². The van der Waals surface area contributed by atoms with E-state index in [9.17, 15) is 0 Å². The third kappa shape index (κ3) is 5.27. The molecule has 1 aliphatic carbocycles. The molecule has 0 heterocycles. The first-order chi connectivity index (χ1) is 6.29. The van der Waals surface area contributed by atoms with Crippen LogP contribution < -0.4 is 5.32 Å². The van der Waals surface area contributed by atoms with Crippen molar-refractivity contribution in [3.05, 3.63) is 0 Å². The van der Waals surface area contributed by atoms with Crippen LogP contribution in [0.25, 0.3) is 0 Å². The van der Waals surface area contributed by atoms with Gasteiger partial charge in [-0.25, -0.2) is 0 Å². The summed E-state index contributed by atoms with van der Waals surface area (Å²) >= 11 is 0. The van der Waals surface area contributed by atoms with Gasteiger partial charge in [0.2, 0.25) is 0 Å². The van der Waals surface area contributed by atoms with Crippen molar-refractivity contribution >= 4 is 0 Å². The van der Waals surface area contributed by atoms with E-state index in [0.29, 0.717) is 6.10 Å². The molecule has 0 atom stereocenters. The van der Waals surface area contributed by atoms with E-state index < -0.39 is 0 Å². The molecule has 1 N–H and O–H groups in total. The Morgan fingerprint density at radius 2 is 2.15 bits per heavy atom. The van der Waals surface area contributed by atoms with Crippen molar-refractivity contribution in [2.75, 3.05) is 19.7 Å². The summed E-state index contributed by atoms with van der Waals surface area (Å²) in [5.74, 6) is 0.757. The highest BCUT2D eigenvalue weighted by Gasteiger charge is 2.16. The predicted molar refractivity (Wildman–Crippen MR) is 55.9 cm³/mol. The second-order valence-corrected chi connectivity index (χ2v) is 4.38. The minimum Gasteiger partial charge on any atom is -0.378 e. The summed E-state index contributed by atoms with van der Waals surface area (Å²) in [4.78, 5) is 0. The van der Waals surface area contributed by atoms with Crippen molar-refractivity contribution in [1.29, 1.82) is 0 Å². The zero-order valence-corrected chi connectivity index (χ0v) is 9.01. The van der Waals surface area contributed by atoms with Gasteiger partial charge in [-0.1, -0.05) is 13.8 Å². The van der Waals surface area contributed by atoms with Crippen LogP contribution in [0.1, 0.15) is 39.5 Å². The summed E-state index contributed by atoms with van der Waals surface area (Å²) < 4.78 is 5.64. The molecule has 2 heteroatoms. The highest BCUT2D eigenvalue weighted by atomic mass is 16.5. The number of rotatable bonds is 7. The van der Waals surface area contributed by atoms with E-state index in [1.165, 1.54) is 19.3 Å². The lowest BCUT2D eigenvalue weighted by molar-refractivity contribution is 0.00149. The maximum absolute atomic E-state index is 5.64. The predicted octanol–water partition coefficient (Wildman–Crippen LogP) is 2.19. The third-order valence-electron chi connectivity index (χ3n) is 2.46. The van der Waals surface area contributed by atoms with Gasteiger partial charge >= 0.3 is 0 Å². The zero-order valence-electron chi connectivity index (χ0n) is 9.01. The molecule has 0 radical (unpaired) electrons. The molecule has 78 valence electrons. The molecule has 0 aromatic heterocycles. The number of ether oxygens (including phenoxy) is 1. The van der Waals surface area contributed by atoms with Gasteiger partial charge in [-0.15, -0.1) is 0 Å². The van der Waals surface area contributed by atoms with Crippen LogP contribution in [0.3, 0.4) is 0 Å². The first kappa shape index (κ1) is 11.0. The van der Waals surface area contributed by atoms with Crippen molar-refractivity contribution in [1.82, 2.24) is 5.32 Å². The second-order valence-electron chi connectivity index (χ2n) is 4.38. The van der Waals surface area contributed by atoms with Crippen LogP contribution in [0.2, 0.25) is 0 Å². The average Bonchev–Trinajstić information content (AvgIpc) is 1.99. The van der Waals surface area contributed by atoms with E-state index in [1.54, 1.807) is 0 Å². The van der Waals surface area contributed by atoms with Crippen LogP contribution >= 0.6 is 0 Å². The molecule has 0 aromatic rings. The normalized spacial score (nSPS) is 17.8. The van der Waals surface area contributed by atoms with E-state index in [4.69, 9.17) is 4.74 Å². The molecular formula is C11H23NO. The Hall–Kier alpha value is -0.0800. The highest BCUT2D eigenvalue weighted by Crippen LogP contribution is 2.21. The molecule has 13 heavy (non-hydrogen) atoms. The van der Waals surface area contributed by atoms with Crippen molar-refractivity contribution in [2.45, 2.75) is 45.6 Å². The monoisotopic (exact) mass is 185 g/mol. The molecular weight excluding hydrogens is 162 g/mol. The molecule has 1 aliphatic rings. The molecule has 1 fully saturated rings. The maximum atomic E-state index is 5.64. The first-order valence-electron chi connectivity index (χ1n) is 5.61.